The van der Waals surface area contributed by atoms with Crippen molar-refractivity contribution in [3.05, 3.63) is 0 Å². The van der Waals surface area contributed by atoms with Crippen molar-refractivity contribution < 1.29 is 9.90 Å². The van der Waals surface area contributed by atoms with Crippen molar-refractivity contribution in [2.24, 2.45) is 0 Å². The zero-order chi connectivity index (χ0) is 13.5. The molecule has 0 saturated heterocycles. The summed E-state index contributed by atoms with van der Waals surface area (Å²) in [5.41, 5.74) is 0. The predicted molar refractivity (Wildman–Crippen MR) is 73.4 cm³/mol. The summed E-state index contributed by atoms with van der Waals surface area (Å²) in [5.74, 6) is 0.215. The lowest BCUT2D eigenvalue weighted by molar-refractivity contribution is -0.136. The molecule has 0 aromatic carbocycles. The van der Waals surface area contributed by atoms with Crippen molar-refractivity contribution in [3.8, 4) is 0 Å². The van der Waals surface area contributed by atoms with Crippen LogP contribution in [0.5, 0.6) is 0 Å². The standard InChI is InChI=1S/C14H28N2O2/c1-4-15(9-10-17)11-14(18)16(12(2)3)13-7-5-6-8-13/h12-13,17H,4-11H2,1-3H3. The molecule has 0 bridgehead atoms. The highest BCUT2D eigenvalue weighted by Crippen LogP contribution is 2.25. The van der Waals surface area contributed by atoms with Gasteiger partial charge in [0.05, 0.1) is 13.2 Å². The Morgan fingerprint density at radius 1 is 1.33 bits per heavy atom. The molecule has 1 N–H and O–H groups in total. The van der Waals surface area contributed by atoms with Gasteiger partial charge in [-0.15, -0.1) is 0 Å². The van der Waals surface area contributed by atoms with Crippen LogP contribution in [0.3, 0.4) is 0 Å². The average Bonchev–Trinajstić information content (AvgIpc) is 2.81. The highest BCUT2D eigenvalue weighted by Gasteiger charge is 2.29. The summed E-state index contributed by atoms with van der Waals surface area (Å²) in [6, 6.07) is 0.707. The first-order chi connectivity index (χ1) is 8.60. The number of rotatable bonds is 7. The summed E-state index contributed by atoms with van der Waals surface area (Å²) < 4.78 is 0. The van der Waals surface area contributed by atoms with Crippen LogP contribution in [-0.2, 0) is 4.79 Å². The Bertz CT molecular complexity index is 250. The second kappa shape index (κ2) is 7.74. The van der Waals surface area contributed by atoms with Crippen LogP contribution in [0.25, 0.3) is 0 Å². The molecule has 1 aliphatic carbocycles. The van der Waals surface area contributed by atoms with Gasteiger partial charge in [0.1, 0.15) is 0 Å². The van der Waals surface area contributed by atoms with E-state index in [1.807, 2.05) is 11.8 Å². The summed E-state index contributed by atoms with van der Waals surface area (Å²) >= 11 is 0. The van der Waals surface area contributed by atoms with Crippen LogP contribution in [0.15, 0.2) is 0 Å². The molecule has 4 heteroatoms. The van der Waals surface area contributed by atoms with E-state index in [0.29, 0.717) is 19.1 Å². The second-order valence-corrected chi connectivity index (χ2v) is 5.43. The molecule has 0 heterocycles. The van der Waals surface area contributed by atoms with E-state index in [2.05, 4.69) is 18.7 Å². The second-order valence-electron chi connectivity index (χ2n) is 5.43. The number of amides is 1. The lowest BCUT2D eigenvalue weighted by Gasteiger charge is -2.34. The summed E-state index contributed by atoms with van der Waals surface area (Å²) in [6.45, 7) is 8.16. The van der Waals surface area contributed by atoms with Crippen LogP contribution >= 0.6 is 0 Å². The van der Waals surface area contributed by atoms with E-state index in [4.69, 9.17) is 5.11 Å². The molecule has 1 fully saturated rings. The lowest BCUT2D eigenvalue weighted by Crippen LogP contribution is -2.48. The van der Waals surface area contributed by atoms with E-state index < -0.39 is 0 Å². The molecular formula is C14H28N2O2. The van der Waals surface area contributed by atoms with Gasteiger partial charge in [-0.25, -0.2) is 0 Å². The van der Waals surface area contributed by atoms with Crippen molar-refractivity contribution in [2.75, 3.05) is 26.2 Å². The van der Waals surface area contributed by atoms with Crippen LogP contribution in [0.4, 0.5) is 0 Å². The van der Waals surface area contributed by atoms with Crippen LogP contribution in [0, 0.1) is 0 Å². The van der Waals surface area contributed by atoms with Gasteiger partial charge >= 0.3 is 0 Å². The largest absolute Gasteiger partial charge is 0.395 e. The van der Waals surface area contributed by atoms with Gasteiger partial charge < -0.3 is 10.0 Å². The summed E-state index contributed by atoms with van der Waals surface area (Å²) in [6.07, 6.45) is 4.79. The van der Waals surface area contributed by atoms with Crippen molar-refractivity contribution >= 4 is 5.91 Å². The third kappa shape index (κ3) is 4.25. The average molecular weight is 256 g/mol. The fourth-order valence-corrected chi connectivity index (χ4v) is 2.86. The Kier molecular flexibility index (Phi) is 6.65. The summed E-state index contributed by atoms with van der Waals surface area (Å²) in [7, 11) is 0. The third-order valence-corrected chi connectivity index (χ3v) is 3.78. The van der Waals surface area contributed by atoms with Gasteiger partial charge in [0.2, 0.25) is 5.91 Å². The number of hydrogen-bond acceptors (Lipinski definition) is 3. The van der Waals surface area contributed by atoms with Crippen molar-refractivity contribution in [1.29, 1.82) is 0 Å². The van der Waals surface area contributed by atoms with Crippen LogP contribution in [-0.4, -0.2) is 59.1 Å². The van der Waals surface area contributed by atoms with Crippen molar-refractivity contribution in [2.45, 2.75) is 58.5 Å². The van der Waals surface area contributed by atoms with Crippen LogP contribution < -0.4 is 0 Å². The third-order valence-electron chi connectivity index (χ3n) is 3.78. The van der Waals surface area contributed by atoms with Crippen molar-refractivity contribution in [3.63, 3.8) is 0 Å². The zero-order valence-corrected chi connectivity index (χ0v) is 12.1. The number of carbonyl (C=O) groups is 1. The molecule has 0 unspecified atom stereocenters. The molecule has 18 heavy (non-hydrogen) atoms. The zero-order valence-electron chi connectivity index (χ0n) is 12.1. The van der Waals surface area contributed by atoms with Gasteiger partial charge in [0, 0.05) is 18.6 Å². The fraction of sp³-hybridized carbons (Fsp3) is 0.929. The monoisotopic (exact) mass is 256 g/mol. The first-order valence-electron chi connectivity index (χ1n) is 7.24. The SMILES string of the molecule is CCN(CCO)CC(=O)N(C(C)C)C1CCCC1. The number of likely N-dealkylation sites (N-methyl/N-ethyl adjacent to an activating group) is 1. The van der Waals surface area contributed by atoms with E-state index in [9.17, 15) is 4.79 Å². The molecule has 1 amide bonds. The van der Waals surface area contributed by atoms with E-state index >= 15 is 0 Å². The van der Waals surface area contributed by atoms with Crippen LogP contribution in [0.2, 0.25) is 0 Å². The fourth-order valence-electron chi connectivity index (χ4n) is 2.86. The highest BCUT2D eigenvalue weighted by molar-refractivity contribution is 5.79. The molecule has 1 aliphatic rings. The van der Waals surface area contributed by atoms with Gasteiger partial charge in [0.25, 0.3) is 0 Å². The van der Waals surface area contributed by atoms with Gasteiger partial charge in [0.15, 0.2) is 0 Å². The minimum absolute atomic E-state index is 0.117. The molecule has 1 saturated carbocycles. The molecule has 4 nitrogen and oxygen atoms in total. The molecule has 0 radical (unpaired) electrons. The first kappa shape index (κ1) is 15.4. The lowest BCUT2D eigenvalue weighted by atomic mass is 10.1. The summed E-state index contributed by atoms with van der Waals surface area (Å²) in [5, 5.41) is 8.97. The molecule has 1 rings (SSSR count). The Labute approximate surface area is 111 Å². The molecule has 106 valence electrons. The Hall–Kier alpha value is -0.610. The Morgan fingerprint density at radius 3 is 2.39 bits per heavy atom. The van der Waals surface area contributed by atoms with Gasteiger partial charge in [-0.3, -0.25) is 9.69 Å². The Morgan fingerprint density at radius 2 is 1.94 bits per heavy atom. The minimum atomic E-state index is 0.117. The van der Waals surface area contributed by atoms with E-state index in [-0.39, 0.29) is 18.6 Å². The summed E-state index contributed by atoms with van der Waals surface area (Å²) in [4.78, 5) is 16.5. The minimum Gasteiger partial charge on any atom is -0.395 e. The number of aliphatic hydroxyl groups excluding tert-OH is 1. The maximum absolute atomic E-state index is 12.4. The molecule has 0 aliphatic heterocycles. The van der Waals surface area contributed by atoms with E-state index in [1.165, 1.54) is 12.8 Å². The normalized spacial score (nSPS) is 16.8. The van der Waals surface area contributed by atoms with Gasteiger partial charge in [-0.1, -0.05) is 19.8 Å². The molecule has 0 aromatic rings. The van der Waals surface area contributed by atoms with Gasteiger partial charge in [-0.2, -0.15) is 0 Å². The van der Waals surface area contributed by atoms with Crippen LogP contribution in [0.1, 0.15) is 46.5 Å². The predicted octanol–water partition coefficient (Wildman–Crippen LogP) is 1.48. The number of hydrogen-bond donors (Lipinski definition) is 1. The van der Waals surface area contributed by atoms with Gasteiger partial charge in [-0.05, 0) is 33.2 Å². The number of carbonyl (C=O) groups excluding carboxylic acids is 1. The highest BCUT2D eigenvalue weighted by atomic mass is 16.3. The molecular weight excluding hydrogens is 228 g/mol. The van der Waals surface area contributed by atoms with E-state index in [1.54, 1.807) is 0 Å². The first-order valence-corrected chi connectivity index (χ1v) is 7.24. The quantitative estimate of drug-likeness (QED) is 0.750. The number of aliphatic hydroxyl groups is 1. The molecule has 0 atom stereocenters. The Balaban J connectivity index is 2.58. The smallest absolute Gasteiger partial charge is 0.237 e. The maximum atomic E-state index is 12.4. The van der Waals surface area contributed by atoms with E-state index in [0.717, 1.165) is 19.4 Å². The molecule has 0 spiro atoms. The molecule has 0 aromatic heterocycles. The number of nitrogens with zero attached hydrogens (tertiary/aromatic N) is 2. The topological polar surface area (TPSA) is 43.8 Å². The van der Waals surface area contributed by atoms with Crippen molar-refractivity contribution in [1.82, 2.24) is 9.80 Å². The maximum Gasteiger partial charge on any atom is 0.237 e.